The first kappa shape index (κ1) is 12.7. The van der Waals surface area contributed by atoms with Gasteiger partial charge in [0.25, 0.3) is 0 Å². The van der Waals surface area contributed by atoms with Gasteiger partial charge in [0.05, 0.1) is 0 Å². The molecular formula is C12H19F3N2. The van der Waals surface area contributed by atoms with Crippen LogP contribution in [0.2, 0.25) is 0 Å². The zero-order valence-electron chi connectivity index (χ0n) is 9.89. The molecule has 98 valence electrons. The topological polar surface area (TPSA) is 15.3 Å². The quantitative estimate of drug-likeness (QED) is 0.823. The number of nitrogens with zero attached hydrogens (tertiary/aromatic N) is 1. The van der Waals surface area contributed by atoms with Crippen LogP contribution in [0.25, 0.3) is 0 Å². The monoisotopic (exact) mass is 248 g/mol. The summed E-state index contributed by atoms with van der Waals surface area (Å²) in [5.74, 6) is 0. The van der Waals surface area contributed by atoms with Crippen molar-refractivity contribution in [1.29, 1.82) is 0 Å². The van der Waals surface area contributed by atoms with Crippen molar-refractivity contribution in [2.24, 2.45) is 0 Å². The Hall–Kier alpha value is -0.710. The van der Waals surface area contributed by atoms with Crippen molar-refractivity contribution in [2.45, 2.75) is 50.4 Å². The summed E-state index contributed by atoms with van der Waals surface area (Å²) in [5.41, 5.74) is 0.868. The van der Waals surface area contributed by atoms with Crippen LogP contribution in [-0.2, 0) is 0 Å². The van der Waals surface area contributed by atoms with E-state index < -0.39 is 12.6 Å². The molecule has 5 heteroatoms. The minimum Gasteiger partial charge on any atom is -0.372 e. The number of alkyl halides is 3. The predicted molar refractivity (Wildman–Crippen MR) is 60.6 cm³/mol. The third kappa shape index (κ3) is 3.63. The number of hydrogen-bond acceptors (Lipinski definition) is 2. The van der Waals surface area contributed by atoms with Gasteiger partial charge in [-0.1, -0.05) is 6.58 Å². The van der Waals surface area contributed by atoms with Gasteiger partial charge in [-0.25, -0.2) is 0 Å². The van der Waals surface area contributed by atoms with Crippen LogP contribution in [0.15, 0.2) is 12.3 Å². The van der Waals surface area contributed by atoms with Crippen LogP contribution < -0.4 is 5.32 Å². The number of allylic oxidation sites excluding steroid dienone is 1. The molecule has 2 aliphatic rings. The highest BCUT2D eigenvalue weighted by Gasteiger charge is 2.32. The Bertz CT molecular complexity index is 276. The van der Waals surface area contributed by atoms with Gasteiger partial charge in [0, 0.05) is 37.3 Å². The minimum atomic E-state index is -4.04. The first-order valence-corrected chi connectivity index (χ1v) is 6.19. The third-order valence-corrected chi connectivity index (χ3v) is 3.59. The van der Waals surface area contributed by atoms with E-state index in [9.17, 15) is 13.2 Å². The average Bonchev–Trinajstić information content (AvgIpc) is 2.55. The van der Waals surface area contributed by atoms with E-state index in [0.717, 1.165) is 18.8 Å². The Morgan fingerprint density at radius 1 is 1.24 bits per heavy atom. The molecule has 17 heavy (non-hydrogen) atoms. The van der Waals surface area contributed by atoms with Crippen LogP contribution in [0.4, 0.5) is 13.2 Å². The third-order valence-electron chi connectivity index (χ3n) is 3.59. The SMILES string of the molecule is C=C(CCCC(F)(F)F)N1CC2CCC(C1)N2. The van der Waals surface area contributed by atoms with E-state index in [-0.39, 0.29) is 6.42 Å². The van der Waals surface area contributed by atoms with Crippen LogP contribution >= 0.6 is 0 Å². The molecule has 0 aromatic rings. The molecule has 0 aromatic heterocycles. The number of rotatable bonds is 4. The molecule has 0 aliphatic carbocycles. The molecule has 2 unspecified atom stereocenters. The number of hydrogen-bond donors (Lipinski definition) is 1. The minimum absolute atomic E-state index is 0.154. The first-order chi connectivity index (χ1) is 7.94. The van der Waals surface area contributed by atoms with Gasteiger partial charge in [0.1, 0.15) is 0 Å². The largest absolute Gasteiger partial charge is 0.389 e. The van der Waals surface area contributed by atoms with E-state index in [4.69, 9.17) is 0 Å². The number of fused-ring (bicyclic) bond motifs is 2. The van der Waals surface area contributed by atoms with Crippen molar-refractivity contribution in [1.82, 2.24) is 10.2 Å². The molecule has 2 saturated heterocycles. The van der Waals surface area contributed by atoms with E-state index in [1.807, 2.05) is 0 Å². The van der Waals surface area contributed by atoms with Gasteiger partial charge >= 0.3 is 6.18 Å². The van der Waals surface area contributed by atoms with Crippen molar-refractivity contribution in [3.05, 3.63) is 12.3 Å². The van der Waals surface area contributed by atoms with Gasteiger partial charge in [-0.2, -0.15) is 13.2 Å². The van der Waals surface area contributed by atoms with Gasteiger partial charge in [0.2, 0.25) is 0 Å². The van der Waals surface area contributed by atoms with Crippen LogP contribution in [0.3, 0.4) is 0 Å². The summed E-state index contributed by atoms with van der Waals surface area (Å²) in [6.07, 6.45) is -1.78. The summed E-state index contributed by atoms with van der Waals surface area (Å²) in [6, 6.07) is 1.02. The lowest BCUT2D eigenvalue weighted by Crippen LogP contribution is -2.50. The lowest BCUT2D eigenvalue weighted by Gasteiger charge is -2.35. The Labute approximate surface area is 99.9 Å². The van der Waals surface area contributed by atoms with Gasteiger partial charge < -0.3 is 10.2 Å². The summed E-state index contributed by atoms with van der Waals surface area (Å²) in [4.78, 5) is 2.16. The van der Waals surface area contributed by atoms with E-state index in [1.54, 1.807) is 0 Å². The van der Waals surface area contributed by atoms with E-state index in [0.29, 0.717) is 18.5 Å². The molecule has 0 aromatic carbocycles. The molecule has 2 atom stereocenters. The summed E-state index contributed by atoms with van der Waals surface area (Å²) in [5, 5.41) is 3.49. The number of halogens is 3. The molecule has 2 bridgehead atoms. The summed E-state index contributed by atoms with van der Waals surface area (Å²) in [7, 11) is 0. The predicted octanol–water partition coefficient (Wildman–Crippen LogP) is 2.67. The fourth-order valence-electron chi connectivity index (χ4n) is 2.71. The maximum atomic E-state index is 12.0. The fraction of sp³-hybridized carbons (Fsp3) is 0.833. The summed E-state index contributed by atoms with van der Waals surface area (Å²) < 4.78 is 36.1. The standard InChI is InChI=1S/C12H19F3N2/c1-9(3-2-6-12(13,14)15)17-7-10-4-5-11(8-17)16-10/h10-11,16H,1-8H2. The molecule has 0 amide bonds. The van der Waals surface area contributed by atoms with E-state index in [1.165, 1.54) is 12.8 Å². The van der Waals surface area contributed by atoms with Crippen molar-refractivity contribution < 1.29 is 13.2 Å². The molecule has 0 saturated carbocycles. The molecule has 0 spiro atoms. The normalized spacial score (nSPS) is 28.5. The van der Waals surface area contributed by atoms with Crippen molar-refractivity contribution in [3.63, 3.8) is 0 Å². The second-order valence-electron chi connectivity index (χ2n) is 5.08. The molecule has 0 radical (unpaired) electrons. The van der Waals surface area contributed by atoms with Gasteiger partial charge in [-0.3, -0.25) is 0 Å². The Morgan fingerprint density at radius 2 is 1.82 bits per heavy atom. The highest BCUT2D eigenvalue weighted by molar-refractivity contribution is 5.03. The zero-order valence-corrected chi connectivity index (χ0v) is 9.89. The smallest absolute Gasteiger partial charge is 0.372 e. The molecule has 1 N–H and O–H groups in total. The number of likely N-dealkylation sites (tertiary alicyclic amines) is 1. The highest BCUT2D eigenvalue weighted by Crippen LogP contribution is 2.27. The molecular weight excluding hydrogens is 229 g/mol. The molecule has 2 aliphatic heterocycles. The first-order valence-electron chi connectivity index (χ1n) is 6.19. The number of nitrogens with one attached hydrogen (secondary N) is 1. The Morgan fingerprint density at radius 3 is 2.35 bits per heavy atom. The fourth-order valence-corrected chi connectivity index (χ4v) is 2.71. The Balaban J connectivity index is 1.73. The molecule has 2 rings (SSSR count). The maximum Gasteiger partial charge on any atom is 0.389 e. The lowest BCUT2D eigenvalue weighted by molar-refractivity contribution is -0.135. The lowest BCUT2D eigenvalue weighted by atomic mass is 10.1. The molecule has 2 nitrogen and oxygen atoms in total. The Kier molecular flexibility index (Phi) is 3.66. The van der Waals surface area contributed by atoms with Crippen LogP contribution in [-0.4, -0.2) is 36.2 Å². The van der Waals surface area contributed by atoms with Crippen LogP contribution in [0, 0.1) is 0 Å². The van der Waals surface area contributed by atoms with E-state index >= 15 is 0 Å². The second kappa shape index (κ2) is 4.88. The zero-order chi connectivity index (χ0) is 12.5. The number of piperazine rings is 1. The molecule has 2 heterocycles. The van der Waals surface area contributed by atoms with Gasteiger partial charge in [0.15, 0.2) is 0 Å². The van der Waals surface area contributed by atoms with Crippen LogP contribution in [0.1, 0.15) is 32.1 Å². The summed E-state index contributed by atoms with van der Waals surface area (Å²) in [6.45, 7) is 5.73. The van der Waals surface area contributed by atoms with E-state index in [2.05, 4.69) is 16.8 Å². The van der Waals surface area contributed by atoms with Gasteiger partial charge in [-0.05, 0) is 25.7 Å². The van der Waals surface area contributed by atoms with Crippen molar-refractivity contribution in [3.8, 4) is 0 Å². The van der Waals surface area contributed by atoms with Crippen LogP contribution in [0.5, 0.6) is 0 Å². The molecule has 2 fully saturated rings. The summed E-state index contributed by atoms with van der Waals surface area (Å²) >= 11 is 0. The maximum absolute atomic E-state index is 12.0. The van der Waals surface area contributed by atoms with Crippen molar-refractivity contribution >= 4 is 0 Å². The highest BCUT2D eigenvalue weighted by atomic mass is 19.4. The van der Waals surface area contributed by atoms with Crippen molar-refractivity contribution in [2.75, 3.05) is 13.1 Å². The average molecular weight is 248 g/mol. The van der Waals surface area contributed by atoms with Gasteiger partial charge in [-0.15, -0.1) is 0 Å². The second-order valence-corrected chi connectivity index (χ2v) is 5.08.